The lowest BCUT2D eigenvalue weighted by molar-refractivity contribution is -0.149. The Morgan fingerprint density at radius 3 is 2.44 bits per heavy atom. The van der Waals surface area contributed by atoms with Crippen LogP contribution in [0.25, 0.3) is 0 Å². The first-order valence-corrected chi connectivity index (χ1v) is 2.72. The van der Waals surface area contributed by atoms with Gasteiger partial charge < -0.3 is 5.11 Å². The quantitative estimate of drug-likeness (QED) is 0.447. The van der Waals surface area contributed by atoms with E-state index in [2.05, 4.69) is 0 Å². The van der Waals surface area contributed by atoms with E-state index in [9.17, 15) is 9.59 Å². The first-order valence-electron chi connectivity index (χ1n) is 2.72. The minimum absolute atomic E-state index is 0.117. The lowest BCUT2D eigenvalue weighted by Gasteiger charge is -1.84. The molecule has 0 aromatic rings. The van der Waals surface area contributed by atoms with Crippen LogP contribution in [0.3, 0.4) is 0 Å². The number of carbonyl (C=O) groups is 2. The molecule has 0 fully saturated rings. The number of hydrogen-bond acceptors (Lipinski definition) is 2. The van der Waals surface area contributed by atoms with Crippen LogP contribution in [0.1, 0.15) is 19.8 Å². The Morgan fingerprint density at radius 1 is 1.56 bits per heavy atom. The highest BCUT2D eigenvalue weighted by molar-refractivity contribution is 6.32. The minimum Gasteiger partial charge on any atom is -0.475 e. The Labute approximate surface area is 53.7 Å². The Balaban J connectivity index is 3.39. The van der Waals surface area contributed by atoms with E-state index in [1.165, 1.54) is 0 Å². The van der Waals surface area contributed by atoms with Crippen molar-refractivity contribution in [3.8, 4) is 0 Å². The van der Waals surface area contributed by atoms with Crippen molar-refractivity contribution in [1.82, 2.24) is 0 Å². The summed E-state index contributed by atoms with van der Waals surface area (Å²) in [6.07, 6.45) is 2.43. The Hall–Kier alpha value is -0.990. The van der Waals surface area contributed by atoms with E-state index in [0.717, 1.165) is 0 Å². The van der Waals surface area contributed by atoms with Crippen LogP contribution in [0, 0.1) is 6.42 Å². The molecule has 0 rings (SSSR count). The molecule has 0 amide bonds. The van der Waals surface area contributed by atoms with Gasteiger partial charge in [0, 0.05) is 0 Å². The number of unbranched alkanes of at least 4 members (excludes halogenated alkanes) is 1. The molecule has 0 heterocycles. The van der Waals surface area contributed by atoms with Crippen LogP contribution in [-0.4, -0.2) is 16.9 Å². The predicted octanol–water partition coefficient (Wildman–Crippen LogP) is 0.644. The highest BCUT2D eigenvalue weighted by atomic mass is 16.4. The van der Waals surface area contributed by atoms with Gasteiger partial charge in [0.15, 0.2) is 0 Å². The number of rotatable bonds is 4. The second-order valence-electron chi connectivity index (χ2n) is 1.68. The third-order valence-electron chi connectivity index (χ3n) is 0.899. The van der Waals surface area contributed by atoms with E-state index >= 15 is 0 Å². The molecule has 3 nitrogen and oxygen atoms in total. The van der Waals surface area contributed by atoms with Gasteiger partial charge in [0.25, 0.3) is 0 Å². The standard InChI is InChI=1S/C6H8O3/c1-2-3-4-5(7)6(8)9/h2H,3-4H2,1H3/p+1. The van der Waals surface area contributed by atoms with Crippen LogP contribution in [0.4, 0.5) is 0 Å². The van der Waals surface area contributed by atoms with Crippen molar-refractivity contribution in [2.45, 2.75) is 19.8 Å². The van der Waals surface area contributed by atoms with Crippen molar-refractivity contribution < 1.29 is 14.7 Å². The van der Waals surface area contributed by atoms with E-state index in [4.69, 9.17) is 5.11 Å². The van der Waals surface area contributed by atoms with Gasteiger partial charge in [0.1, 0.15) is 0 Å². The molecular formula is C6H9O3+. The Bertz CT molecular complexity index is 117. The highest BCUT2D eigenvalue weighted by Gasteiger charge is 2.11. The van der Waals surface area contributed by atoms with Gasteiger partial charge in [-0.15, -0.1) is 0 Å². The zero-order valence-electron chi connectivity index (χ0n) is 5.26. The van der Waals surface area contributed by atoms with Gasteiger partial charge in [-0.2, -0.15) is 0 Å². The Kier molecular flexibility index (Phi) is 3.51. The summed E-state index contributed by atoms with van der Waals surface area (Å²) >= 11 is 0. The third kappa shape index (κ3) is 3.58. The average molecular weight is 129 g/mol. The number of aliphatic carboxylic acids is 1. The van der Waals surface area contributed by atoms with E-state index in [-0.39, 0.29) is 6.42 Å². The molecule has 0 spiro atoms. The first kappa shape index (κ1) is 8.01. The fraction of sp³-hybridized carbons (Fsp3) is 0.500. The molecule has 0 aliphatic carbocycles. The summed E-state index contributed by atoms with van der Waals surface area (Å²) in [4.78, 5) is 20.1. The fourth-order valence-electron chi connectivity index (χ4n) is 0.382. The van der Waals surface area contributed by atoms with Crippen molar-refractivity contribution >= 4 is 11.8 Å². The Morgan fingerprint density at radius 2 is 2.11 bits per heavy atom. The number of carboxylic acids is 1. The summed E-state index contributed by atoms with van der Waals surface area (Å²) in [5, 5.41) is 8.05. The fourth-order valence-corrected chi connectivity index (χ4v) is 0.382. The zero-order chi connectivity index (χ0) is 7.28. The molecule has 0 radical (unpaired) electrons. The van der Waals surface area contributed by atoms with E-state index < -0.39 is 11.8 Å². The van der Waals surface area contributed by atoms with Gasteiger partial charge in [-0.3, -0.25) is 4.79 Å². The first-order chi connectivity index (χ1) is 4.18. The van der Waals surface area contributed by atoms with Crippen LogP contribution in [0.2, 0.25) is 0 Å². The molecule has 1 N–H and O–H groups in total. The lowest BCUT2D eigenvalue weighted by Crippen LogP contribution is -2.11. The largest absolute Gasteiger partial charge is 0.475 e. The van der Waals surface area contributed by atoms with E-state index in [1.807, 2.05) is 0 Å². The summed E-state index contributed by atoms with van der Waals surface area (Å²) in [5.74, 6) is -2.05. The van der Waals surface area contributed by atoms with Crippen molar-refractivity contribution in [2.24, 2.45) is 0 Å². The molecule has 0 aromatic carbocycles. The monoisotopic (exact) mass is 129 g/mol. The molecule has 0 atom stereocenters. The maximum Gasteiger partial charge on any atom is 0.372 e. The maximum absolute atomic E-state index is 10.3. The molecule has 0 saturated carbocycles. The highest BCUT2D eigenvalue weighted by Crippen LogP contribution is 1.93. The maximum atomic E-state index is 10.3. The lowest BCUT2D eigenvalue weighted by atomic mass is 10.2. The minimum atomic E-state index is -1.34. The summed E-state index contributed by atoms with van der Waals surface area (Å²) in [6, 6.07) is 0. The van der Waals surface area contributed by atoms with Crippen molar-refractivity contribution in [1.29, 1.82) is 0 Å². The molecule has 0 unspecified atom stereocenters. The normalized spacial score (nSPS) is 8.56. The average Bonchev–Trinajstić information content (AvgIpc) is 1.82. The third-order valence-corrected chi connectivity index (χ3v) is 0.899. The second kappa shape index (κ2) is 3.95. The van der Waals surface area contributed by atoms with Crippen LogP contribution in [-0.2, 0) is 9.59 Å². The number of carboxylic acid groups (broad SMARTS) is 1. The number of carbonyl (C=O) groups excluding carboxylic acids is 1. The molecular weight excluding hydrogens is 120 g/mol. The summed E-state index contributed by atoms with van der Waals surface area (Å²) < 4.78 is 0. The van der Waals surface area contributed by atoms with Gasteiger partial charge in [-0.05, 0) is 0 Å². The number of ketones is 1. The van der Waals surface area contributed by atoms with E-state index in [0.29, 0.717) is 6.42 Å². The number of Topliss-reactive ketones (excluding diaryl/α,β-unsaturated/α-hetero) is 1. The van der Waals surface area contributed by atoms with Crippen molar-refractivity contribution in [3.63, 3.8) is 0 Å². The zero-order valence-corrected chi connectivity index (χ0v) is 5.26. The number of hydrogen-bond donors (Lipinski definition) is 1. The van der Waals surface area contributed by atoms with Crippen molar-refractivity contribution in [3.05, 3.63) is 6.42 Å². The van der Waals surface area contributed by atoms with Crippen LogP contribution in [0.15, 0.2) is 0 Å². The SMILES string of the molecule is C[CH+]CCC(=O)C(=O)O. The second-order valence-corrected chi connectivity index (χ2v) is 1.68. The van der Waals surface area contributed by atoms with E-state index in [1.54, 1.807) is 13.3 Å². The summed E-state index contributed by atoms with van der Waals surface area (Å²) in [7, 11) is 0. The van der Waals surface area contributed by atoms with Gasteiger partial charge in [0.2, 0.25) is 5.78 Å². The van der Waals surface area contributed by atoms with Crippen LogP contribution < -0.4 is 0 Å². The molecule has 3 heteroatoms. The van der Waals surface area contributed by atoms with Crippen LogP contribution in [0.5, 0.6) is 0 Å². The topological polar surface area (TPSA) is 54.4 Å². The van der Waals surface area contributed by atoms with Gasteiger partial charge in [-0.25, -0.2) is 4.79 Å². The van der Waals surface area contributed by atoms with Crippen LogP contribution >= 0.6 is 0 Å². The van der Waals surface area contributed by atoms with Gasteiger partial charge >= 0.3 is 5.97 Å². The van der Waals surface area contributed by atoms with Gasteiger partial charge in [-0.1, -0.05) is 0 Å². The predicted molar refractivity (Wildman–Crippen MR) is 31.9 cm³/mol. The molecule has 50 valence electrons. The molecule has 0 aromatic heterocycles. The van der Waals surface area contributed by atoms with Gasteiger partial charge in [0.05, 0.1) is 26.2 Å². The molecule has 0 aliphatic heterocycles. The summed E-state index contributed by atoms with van der Waals surface area (Å²) in [5.41, 5.74) is 0. The van der Waals surface area contributed by atoms with Crippen molar-refractivity contribution in [2.75, 3.05) is 0 Å². The smallest absolute Gasteiger partial charge is 0.372 e. The molecule has 0 saturated heterocycles. The molecule has 0 bridgehead atoms. The molecule has 0 aliphatic rings. The molecule has 9 heavy (non-hydrogen) atoms. The summed E-state index contributed by atoms with van der Waals surface area (Å²) in [6.45, 7) is 1.79.